The fourth-order valence-electron chi connectivity index (χ4n) is 3.36. The number of fused-ring (bicyclic) bond motifs is 1. The second-order valence-electron chi connectivity index (χ2n) is 6.37. The lowest BCUT2D eigenvalue weighted by Gasteiger charge is -2.16. The van der Waals surface area contributed by atoms with Gasteiger partial charge in [0.15, 0.2) is 5.69 Å². The molecule has 0 saturated heterocycles. The van der Waals surface area contributed by atoms with Gasteiger partial charge in [0.2, 0.25) is 11.7 Å². The molecule has 0 spiro atoms. The van der Waals surface area contributed by atoms with E-state index in [2.05, 4.69) is 33.8 Å². The van der Waals surface area contributed by atoms with Gasteiger partial charge in [-0.05, 0) is 57.2 Å². The number of amides is 1. The number of carbonyl (C=O) groups is 1. The molecule has 1 unspecified atom stereocenters. The second-order valence-corrected chi connectivity index (χ2v) is 6.37. The van der Waals surface area contributed by atoms with E-state index in [0.717, 1.165) is 23.2 Å². The Morgan fingerprint density at radius 1 is 1.15 bits per heavy atom. The summed E-state index contributed by atoms with van der Waals surface area (Å²) in [4.78, 5) is 11.4. The molecule has 1 atom stereocenters. The van der Waals surface area contributed by atoms with Crippen LogP contribution in [-0.4, -0.2) is 16.2 Å². The Hall–Kier alpha value is -3.41. The standard InChI is InChI=1S/C20H18N4O2/c1-12(25)22-20-19(23-26-24-20)18-11-14-4-2-3-5-16(14)17(18)10-13-6-8-15(21)9-7-13/h2-9,11,17H,10,21H2,1H3,(H,22,24,25). The van der Waals surface area contributed by atoms with Gasteiger partial charge in [0.05, 0.1) is 0 Å². The summed E-state index contributed by atoms with van der Waals surface area (Å²) < 4.78 is 4.90. The first kappa shape index (κ1) is 16.1. The van der Waals surface area contributed by atoms with E-state index < -0.39 is 0 Å². The zero-order chi connectivity index (χ0) is 18.1. The molecule has 130 valence electrons. The maximum Gasteiger partial charge on any atom is 0.222 e. The molecule has 0 bridgehead atoms. The highest BCUT2D eigenvalue weighted by atomic mass is 16.6. The molecule has 6 nitrogen and oxygen atoms in total. The molecule has 6 heteroatoms. The summed E-state index contributed by atoms with van der Waals surface area (Å²) in [5.74, 6) is 0.223. The quantitative estimate of drug-likeness (QED) is 0.705. The lowest BCUT2D eigenvalue weighted by atomic mass is 9.88. The van der Waals surface area contributed by atoms with Crippen LogP contribution >= 0.6 is 0 Å². The molecule has 2 aromatic carbocycles. The van der Waals surface area contributed by atoms with Crippen molar-refractivity contribution in [3.05, 3.63) is 70.9 Å². The van der Waals surface area contributed by atoms with Crippen LogP contribution in [0, 0.1) is 0 Å². The zero-order valence-electron chi connectivity index (χ0n) is 14.3. The van der Waals surface area contributed by atoms with Crippen molar-refractivity contribution in [2.24, 2.45) is 0 Å². The number of hydrogen-bond acceptors (Lipinski definition) is 5. The van der Waals surface area contributed by atoms with Gasteiger partial charge in [-0.2, -0.15) is 0 Å². The van der Waals surface area contributed by atoms with Crippen molar-refractivity contribution in [3.8, 4) is 0 Å². The van der Waals surface area contributed by atoms with Crippen molar-refractivity contribution in [2.75, 3.05) is 11.1 Å². The minimum Gasteiger partial charge on any atom is -0.399 e. The number of aromatic nitrogens is 2. The molecule has 0 aliphatic heterocycles. The molecule has 26 heavy (non-hydrogen) atoms. The molecule has 0 fully saturated rings. The number of nitrogens with one attached hydrogen (secondary N) is 1. The van der Waals surface area contributed by atoms with Crippen molar-refractivity contribution in [1.29, 1.82) is 0 Å². The minimum absolute atomic E-state index is 0.0919. The molecule has 1 heterocycles. The SMILES string of the molecule is CC(=O)Nc1nonc1C1=Cc2ccccc2C1Cc1ccc(N)cc1. The zero-order valence-corrected chi connectivity index (χ0v) is 14.3. The van der Waals surface area contributed by atoms with Gasteiger partial charge in [-0.1, -0.05) is 36.4 Å². The molecule has 1 aliphatic carbocycles. The lowest BCUT2D eigenvalue weighted by Crippen LogP contribution is -2.10. The summed E-state index contributed by atoms with van der Waals surface area (Å²) >= 11 is 0. The third-order valence-electron chi connectivity index (χ3n) is 4.53. The third kappa shape index (κ3) is 2.97. The number of benzene rings is 2. The van der Waals surface area contributed by atoms with E-state index >= 15 is 0 Å². The number of nitrogens with zero attached hydrogens (tertiary/aromatic N) is 2. The predicted molar refractivity (Wildman–Crippen MR) is 100 cm³/mol. The smallest absolute Gasteiger partial charge is 0.222 e. The summed E-state index contributed by atoms with van der Waals surface area (Å²) in [6.45, 7) is 1.43. The van der Waals surface area contributed by atoms with E-state index in [4.69, 9.17) is 10.4 Å². The molecule has 0 radical (unpaired) electrons. The van der Waals surface area contributed by atoms with Gasteiger partial charge in [0.25, 0.3) is 0 Å². The fourth-order valence-corrected chi connectivity index (χ4v) is 3.36. The van der Waals surface area contributed by atoms with Crippen molar-refractivity contribution >= 4 is 29.1 Å². The van der Waals surface area contributed by atoms with Crippen LogP contribution in [0.25, 0.3) is 11.6 Å². The maximum absolute atomic E-state index is 11.4. The summed E-state index contributed by atoms with van der Waals surface area (Å²) in [6, 6.07) is 16.1. The molecule has 3 N–H and O–H groups in total. The Bertz CT molecular complexity index is 989. The van der Waals surface area contributed by atoms with Crippen molar-refractivity contribution in [3.63, 3.8) is 0 Å². The van der Waals surface area contributed by atoms with Gasteiger partial charge < -0.3 is 11.1 Å². The number of hydrogen-bond donors (Lipinski definition) is 2. The van der Waals surface area contributed by atoms with Crippen LogP contribution in [0.4, 0.5) is 11.5 Å². The van der Waals surface area contributed by atoms with Crippen molar-refractivity contribution in [2.45, 2.75) is 19.3 Å². The maximum atomic E-state index is 11.4. The van der Waals surface area contributed by atoms with Crippen LogP contribution in [0.5, 0.6) is 0 Å². The van der Waals surface area contributed by atoms with Crippen LogP contribution < -0.4 is 11.1 Å². The Morgan fingerprint density at radius 3 is 2.69 bits per heavy atom. The first-order chi connectivity index (χ1) is 12.6. The number of nitrogens with two attached hydrogens (primary N) is 1. The number of nitrogen functional groups attached to an aromatic ring is 1. The van der Waals surface area contributed by atoms with E-state index in [1.54, 1.807) is 0 Å². The van der Waals surface area contributed by atoms with Gasteiger partial charge in [-0.15, -0.1) is 0 Å². The van der Waals surface area contributed by atoms with Crippen molar-refractivity contribution < 1.29 is 9.42 Å². The lowest BCUT2D eigenvalue weighted by molar-refractivity contribution is -0.114. The molecule has 4 rings (SSSR count). The molecular weight excluding hydrogens is 328 g/mol. The largest absolute Gasteiger partial charge is 0.399 e. The Labute approximate surface area is 150 Å². The summed E-state index contributed by atoms with van der Waals surface area (Å²) in [5, 5.41) is 10.6. The van der Waals surface area contributed by atoms with Crippen LogP contribution in [-0.2, 0) is 11.2 Å². The van der Waals surface area contributed by atoms with Gasteiger partial charge in [-0.3, -0.25) is 4.79 Å². The van der Waals surface area contributed by atoms with Gasteiger partial charge in [0.1, 0.15) is 0 Å². The van der Waals surface area contributed by atoms with E-state index in [1.165, 1.54) is 18.1 Å². The Morgan fingerprint density at radius 2 is 1.92 bits per heavy atom. The highest BCUT2D eigenvalue weighted by Gasteiger charge is 2.30. The summed E-state index contributed by atoms with van der Waals surface area (Å²) in [7, 11) is 0. The summed E-state index contributed by atoms with van der Waals surface area (Å²) in [6.07, 6.45) is 2.87. The van der Waals surface area contributed by atoms with Crippen molar-refractivity contribution in [1.82, 2.24) is 10.3 Å². The van der Waals surface area contributed by atoms with E-state index in [0.29, 0.717) is 11.5 Å². The molecular formula is C20H18N4O2. The first-order valence-corrected chi connectivity index (χ1v) is 8.37. The van der Waals surface area contributed by atoms with Gasteiger partial charge in [-0.25, -0.2) is 4.63 Å². The first-order valence-electron chi connectivity index (χ1n) is 8.37. The number of rotatable bonds is 4. The van der Waals surface area contributed by atoms with Gasteiger partial charge >= 0.3 is 0 Å². The van der Waals surface area contributed by atoms with Crippen LogP contribution in [0.3, 0.4) is 0 Å². The number of carbonyl (C=O) groups excluding carboxylic acids is 1. The van der Waals surface area contributed by atoms with E-state index in [9.17, 15) is 4.79 Å². The Balaban J connectivity index is 1.74. The third-order valence-corrected chi connectivity index (χ3v) is 4.53. The monoisotopic (exact) mass is 346 g/mol. The van der Waals surface area contributed by atoms with Crippen LogP contribution in [0.2, 0.25) is 0 Å². The van der Waals surface area contributed by atoms with Crippen LogP contribution in [0.15, 0.2) is 53.2 Å². The fraction of sp³-hybridized carbons (Fsp3) is 0.150. The topological polar surface area (TPSA) is 94.0 Å². The van der Waals surface area contributed by atoms with Crippen LogP contribution in [0.1, 0.15) is 35.2 Å². The molecule has 0 saturated carbocycles. The van der Waals surface area contributed by atoms with E-state index in [-0.39, 0.29) is 11.8 Å². The molecule has 3 aromatic rings. The highest BCUT2D eigenvalue weighted by molar-refractivity contribution is 5.96. The summed E-state index contributed by atoms with van der Waals surface area (Å²) in [5.41, 5.74) is 11.6. The predicted octanol–water partition coefficient (Wildman–Crippen LogP) is 3.49. The molecule has 1 amide bonds. The second kappa shape index (κ2) is 6.48. The normalized spacial score (nSPS) is 15.4. The Kier molecular flexibility index (Phi) is 4.01. The average Bonchev–Trinajstić information content (AvgIpc) is 3.21. The molecule has 1 aromatic heterocycles. The number of allylic oxidation sites excluding steroid dienone is 1. The number of anilines is 2. The van der Waals surface area contributed by atoms with Gasteiger partial charge in [0, 0.05) is 18.5 Å². The minimum atomic E-state index is -0.215. The average molecular weight is 346 g/mol. The molecule has 1 aliphatic rings. The van der Waals surface area contributed by atoms with E-state index in [1.807, 2.05) is 36.4 Å². The highest BCUT2D eigenvalue weighted by Crippen LogP contribution is 2.44.